The average molecular weight is 322 g/mol. The number of alkyl halides is 2. The normalized spacial score (nSPS) is 10.8. The molecule has 0 saturated heterocycles. The fourth-order valence-electron chi connectivity index (χ4n) is 0.554. The number of rotatable bonds is 1. The van der Waals surface area contributed by atoms with Gasteiger partial charge in [-0.15, -0.1) is 0 Å². The zero-order valence-electron chi connectivity index (χ0n) is 5.36. The fraction of sp³-hybridized carbons (Fsp3) is 0.200. The maximum absolute atomic E-state index is 12.6. The maximum Gasteiger partial charge on any atom is 0.311 e. The predicted molar refractivity (Wildman–Crippen MR) is 47.6 cm³/mol. The van der Waals surface area contributed by atoms with E-state index >= 15 is 0 Å². The Morgan fingerprint density at radius 1 is 1.25 bits per heavy atom. The molecule has 0 fully saturated rings. The molecule has 0 radical (unpaired) electrons. The minimum Gasteiger partial charge on any atom is -0.203 e. The Labute approximate surface area is 88.6 Å². The van der Waals surface area contributed by atoms with Crippen LogP contribution in [0.15, 0.2) is 0 Å². The number of halogens is 5. The highest BCUT2D eigenvalue weighted by atomic mass is 79.9. The molecular weight excluding hydrogens is 321 g/mol. The summed E-state index contributed by atoms with van der Waals surface area (Å²) in [5.41, 5.74) is 0.0293. The van der Waals surface area contributed by atoms with Gasteiger partial charge in [0.2, 0.25) is 5.95 Å². The van der Waals surface area contributed by atoms with Crippen molar-refractivity contribution in [2.24, 2.45) is 0 Å². The van der Waals surface area contributed by atoms with E-state index in [0.29, 0.717) is 0 Å². The Bertz CT molecular complexity index is 308. The quantitative estimate of drug-likeness (QED) is 0.451. The van der Waals surface area contributed by atoms with Crippen molar-refractivity contribution in [3.63, 3.8) is 0 Å². The van der Waals surface area contributed by atoms with Crippen LogP contribution in [0.4, 0.5) is 8.78 Å². The lowest BCUT2D eigenvalue weighted by atomic mass is 10.4. The highest BCUT2D eigenvalue weighted by Gasteiger charge is 2.16. The van der Waals surface area contributed by atoms with Gasteiger partial charge in [-0.25, -0.2) is 4.98 Å². The third-order valence-corrected chi connectivity index (χ3v) is 2.23. The molecule has 2 nitrogen and oxygen atoms in total. The monoisotopic (exact) mass is 320 g/mol. The van der Waals surface area contributed by atoms with E-state index in [4.69, 9.17) is 11.6 Å². The molecule has 0 aliphatic carbocycles. The topological polar surface area (TPSA) is 25.8 Å². The van der Waals surface area contributed by atoms with Crippen LogP contribution in [-0.4, -0.2) is 9.97 Å². The summed E-state index contributed by atoms with van der Waals surface area (Å²) in [7, 11) is 0. The molecule has 0 aromatic carbocycles. The second-order valence-corrected chi connectivity index (χ2v) is 5.22. The first-order chi connectivity index (χ1) is 5.52. The molecule has 0 atom stereocenters. The molecule has 0 bridgehead atoms. The van der Waals surface area contributed by atoms with E-state index in [0.717, 1.165) is 0 Å². The molecule has 66 valence electrons. The van der Waals surface area contributed by atoms with Gasteiger partial charge in [0.15, 0.2) is 0 Å². The average Bonchev–Trinajstić information content (AvgIpc) is 1.96. The van der Waals surface area contributed by atoms with Crippen LogP contribution in [0.2, 0.25) is 5.02 Å². The van der Waals surface area contributed by atoms with E-state index in [1.54, 1.807) is 0 Å². The molecule has 12 heavy (non-hydrogen) atoms. The Balaban J connectivity index is 3.28. The van der Waals surface area contributed by atoms with Crippen LogP contribution in [0.5, 0.6) is 0 Å². The standard InChI is InChI=1S/C5HBr2ClF2N2/c6-3(7)2-1(8)4(9)12-5(10)11-2/h3H. The summed E-state index contributed by atoms with van der Waals surface area (Å²) in [6, 6.07) is 0. The fourth-order valence-corrected chi connectivity index (χ4v) is 1.67. The number of hydrogen-bond acceptors (Lipinski definition) is 2. The molecule has 1 rings (SSSR count). The van der Waals surface area contributed by atoms with E-state index in [9.17, 15) is 8.78 Å². The molecule has 0 unspecified atom stereocenters. The molecule has 0 spiro atoms. The lowest BCUT2D eigenvalue weighted by Gasteiger charge is -2.03. The Morgan fingerprint density at radius 2 is 1.83 bits per heavy atom. The molecule has 0 aliphatic heterocycles. The maximum atomic E-state index is 12.6. The third-order valence-electron chi connectivity index (χ3n) is 1.02. The van der Waals surface area contributed by atoms with Crippen molar-refractivity contribution in [2.75, 3.05) is 0 Å². The first-order valence-electron chi connectivity index (χ1n) is 2.69. The molecule has 0 amide bonds. The van der Waals surface area contributed by atoms with Gasteiger partial charge in [-0.3, -0.25) is 0 Å². The molecule has 1 aromatic rings. The van der Waals surface area contributed by atoms with Gasteiger partial charge in [0.1, 0.15) is 8.76 Å². The van der Waals surface area contributed by atoms with Crippen molar-refractivity contribution in [3.05, 3.63) is 22.7 Å². The van der Waals surface area contributed by atoms with E-state index in [2.05, 4.69) is 41.8 Å². The van der Waals surface area contributed by atoms with Crippen molar-refractivity contribution >= 4 is 43.5 Å². The summed E-state index contributed by atoms with van der Waals surface area (Å²) in [6.45, 7) is 0. The van der Waals surface area contributed by atoms with Crippen molar-refractivity contribution in [2.45, 2.75) is 3.74 Å². The van der Waals surface area contributed by atoms with Crippen molar-refractivity contribution in [3.8, 4) is 0 Å². The minimum atomic E-state index is -1.14. The SMILES string of the molecule is Fc1nc(F)c(Cl)c(C(Br)Br)n1. The van der Waals surface area contributed by atoms with Crippen molar-refractivity contribution in [1.29, 1.82) is 0 Å². The molecular formula is C5HBr2ClF2N2. The summed E-state index contributed by atoms with van der Waals surface area (Å²) >= 11 is 11.5. The van der Waals surface area contributed by atoms with Crippen LogP contribution in [-0.2, 0) is 0 Å². The van der Waals surface area contributed by atoms with Crippen molar-refractivity contribution in [1.82, 2.24) is 9.97 Å². The smallest absolute Gasteiger partial charge is 0.203 e. The van der Waals surface area contributed by atoms with Gasteiger partial charge in [0.05, 0.1) is 5.69 Å². The van der Waals surface area contributed by atoms with Crippen LogP contribution in [0.3, 0.4) is 0 Å². The summed E-state index contributed by atoms with van der Waals surface area (Å²) < 4.78 is 24.5. The van der Waals surface area contributed by atoms with Gasteiger partial charge < -0.3 is 0 Å². The summed E-state index contributed by atoms with van der Waals surface area (Å²) in [4.78, 5) is 6.09. The van der Waals surface area contributed by atoms with E-state index in [-0.39, 0.29) is 10.7 Å². The van der Waals surface area contributed by atoms with Gasteiger partial charge in [-0.2, -0.15) is 13.8 Å². The Morgan fingerprint density at radius 3 is 2.33 bits per heavy atom. The van der Waals surface area contributed by atoms with Gasteiger partial charge in [-0.05, 0) is 0 Å². The first-order valence-corrected chi connectivity index (χ1v) is 4.90. The minimum absolute atomic E-state index is 0.0293. The van der Waals surface area contributed by atoms with Gasteiger partial charge >= 0.3 is 6.08 Å². The highest BCUT2D eigenvalue weighted by Crippen LogP contribution is 2.33. The second-order valence-electron chi connectivity index (χ2n) is 1.78. The predicted octanol–water partition coefficient (Wildman–Crippen LogP) is 3.20. The van der Waals surface area contributed by atoms with Crippen LogP contribution in [0.25, 0.3) is 0 Å². The number of hydrogen-bond donors (Lipinski definition) is 0. The van der Waals surface area contributed by atoms with Crippen LogP contribution < -0.4 is 0 Å². The lowest BCUT2D eigenvalue weighted by molar-refractivity contribution is 0.479. The van der Waals surface area contributed by atoms with Gasteiger partial charge in [-0.1, -0.05) is 43.5 Å². The first kappa shape index (κ1) is 10.3. The Hall–Kier alpha value is 0.190. The molecule has 0 aliphatic rings. The van der Waals surface area contributed by atoms with Crippen molar-refractivity contribution < 1.29 is 8.78 Å². The van der Waals surface area contributed by atoms with E-state index < -0.39 is 15.8 Å². The summed E-state index contributed by atoms with van der Waals surface area (Å²) in [6.07, 6.45) is -1.14. The largest absolute Gasteiger partial charge is 0.311 e. The lowest BCUT2D eigenvalue weighted by Crippen LogP contribution is -2.00. The zero-order chi connectivity index (χ0) is 9.30. The number of nitrogens with zero attached hydrogens (tertiary/aromatic N) is 2. The number of aromatic nitrogens is 2. The third kappa shape index (κ3) is 2.11. The van der Waals surface area contributed by atoms with Gasteiger partial charge in [0.25, 0.3) is 0 Å². The summed E-state index contributed by atoms with van der Waals surface area (Å²) in [5.74, 6) is -1.07. The molecule has 1 aromatic heterocycles. The molecule has 7 heteroatoms. The summed E-state index contributed by atoms with van der Waals surface area (Å²) in [5, 5.41) is -0.296. The van der Waals surface area contributed by atoms with Crippen LogP contribution >= 0.6 is 43.5 Å². The van der Waals surface area contributed by atoms with E-state index in [1.807, 2.05) is 0 Å². The van der Waals surface area contributed by atoms with E-state index in [1.165, 1.54) is 0 Å². The van der Waals surface area contributed by atoms with Crippen LogP contribution in [0.1, 0.15) is 9.43 Å². The highest BCUT2D eigenvalue weighted by molar-refractivity contribution is 9.24. The van der Waals surface area contributed by atoms with Gasteiger partial charge in [0, 0.05) is 0 Å². The van der Waals surface area contributed by atoms with Crippen LogP contribution in [0, 0.1) is 12.0 Å². The Kier molecular flexibility index (Phi) is 3.37. The molecule has 1 heterocycles. The second kappa shape index (κ2) is 3.93. The molecule has 0 N–H and O–H groups in total. The molecule has 0 saturated carbocycles. The zero-order valence-corrected chi connectivity index (χ0v) is 9.29.